The van der Waals surface area contributed by atoms with Crippen LogP contribution in [0, 0.1) is 5.41 Å². The molecular weight excluding hydrogens is 434 g/mol. The molecule has 0 unspecified atom stereocenters. The lowest BCUT2D eigenvalue weighted by Gasteiger charge is -2.33. The maximum absolute atomic E-state index is 11.4. The van der Waals surface area contributed by atoms with E-state index in [0.29, 0.717) is 0 Å². The van der Waals surface area contributed by atoms with E-state index in [9.17, 15) is 19.2 Å². The van der Waals surface area contributed by atoms with Gasteiger partial charge in [-0.25, -0.2) is 0 Å². The van der Waals surface area contributed by atoms with Gasteiger partial charge in [0.1, 0.15) is 20.2 Å². The fourth-order valence-electron chi connectivity index (χ4n) is 2.20. The summed E-state index contributed by atoms with van der Waals surface area (Å²) in [7, 11) is 0. The zero-order valence-electron chi connectivity index (χ0n) is 18.8. The minimum atomic E-state index is -0.909. The Balaban J connectivity index is 5.15. The molecule has 3 amide bonds. The first-order chi connectivity index (χ1) is 15.8. The number of nitrogens with one attached hydrogen (secondary N) is 3. The van der Waals surface area contributed by atoms with Crippen molar-refractivity contribution >= 4 is 23.5 Å². The number of hydrogen-bond donors (Lipinski definition) is 3. The van der Waals surface area contributed by atoms with Crippen LogP contribution < -0.4 is 16.0 Å². The standard InChI is InChI=1S/C22H33N3O8/c1-5-18(26)9-10-30-11-22(12-31-15-23-19(27)6-2,13-32-16-24-20(28)7-3)14-33-17-25-21(29)8-4/h5-8H,1-4,9-17H2,(H,23,27)(H,24,28)(H,25,29). The second-order valence-electron chi connectivity index (χ2n) is 6.69. The van der Waals surface area contributed by atoms with Gasteiger partial charge in [-0.1, -0.05) is 26.3 Å². The summed E-state index contributed by atoms with van der Waals surface area (Å²) < 4.78 is 22.3. The first kappa shape index (κ1) is 29.9. The first-order valence-electron chi connectivity index (χ1n) is 9.99. The van der Waals surface area contributed by atoms with Crippen LogP contribution in [0.4, 0.5) is 0 Å². The molecule has 0 aliphatic carbocycles. The first-order valence-corrected chi connectivity index (χ1v) is 9.99. The van der Waals surface area contributed by atoms with E-state index < -0.39 is 23.1 Å². The van der Waals surface area contributed by atoms with Gasteiger partial charge < -0.3 is 34.9 Å². The Bertz CT molecular complexity index is 576. The summed E-state index contributed by atoms with van der Waals surface area (Å²) in [5, 5.41) is 7.44. The summed E-state index contributed by atoms with van der Waals surface area (Å²) >= 11 is 0. The van der Waals surface area contributed by atoms with Gasteiger partial charge in [-0.15, -0.1) is 0 Å². The number of ketones is 1. The van der Waals surface area contributed by atoms with Crippen molar-refractivity contribution < 1.29 is 38.1 Å². The lowest BCUT2D eigenvalue weighted by Crippen LogP contribution is -2.44. The van der Waals surface area contributed by atoms with E-state index in [0.717, 1.165) is 18.2 Å². The van der Waals surface area contributed by atoms with Crippen LogP contribution >= 0.6 is 0 Å². The van der Waals surface area contributed by atoms with Crippen LogP contribution in [0.3, 0.4) is 0 Å². The van der Waals surface area contributed by atoms with Crippen molar-refractivity contribution in [1.82, 2.24) is 16.0 Å². The van der Waals surface area contributed by atoms with Gasteiger partial charge in [0.05, 0.1) is 38.4 Å². The minimum absolute atomic E-state index is 0.0185. The van der Waals surface area contributed by atoms with Gasteiger partial charge in [-0.3, -0.25) is 19.2 Å². The highest BCUT2D eigenvalue weighted by molar-refractivity contribution is 5.89. The molecule has 0 atom stereocenters. The van der Waals surface area contributed by atoms with Crippen LogP contribution in [0.2, 0.25) is 0 Å². The Labute approximate surface area is 193 Å². The zero-order valence-corrected chi connectivity index (χ0v) is 18.8. The van der Waals surface area contributed by atoms with Crippen molar-refractivity contribution in [2.45, 2.75) is 6.42 Å². The topological polar surface area (TPSA) is 141 Å². The lowest BCUT2D eigenvalue weighted by molar-refractivity contribution is -0.128. The number of allylic oxidation sites excluding steroid dienone is 1. The molecule has 0 heterocycles. The molecule has 0 aromatic heterocycles. The monoisotopic (exact) mass is 467 g/mol. The number of hydrogen-bond acceptors (Lipinski definition) is 8. The molecule has 0 radical (unpaired) electrons. The fourth-order valence-corrected chi connectivity index (χ4v) is 2.20. The quantitative estimate of drug-likeness (QED) is 0.121. The van der Waals surface area contributed by atoms with E-state index in [2.05, 4.69) is 42.3 Å². The van der Waals surface area contributed by atoms with Gasteiger partial charge in [-0.05, 0) is 24.3 Å². The van der Waals surface area contributed by atoms with Crippen LogP contribution in [0.1, 0.15) is 6.42 Å². The van der Waals surface area contributed by atoms with Crippen LogP contribution in [0.15, 0.2) is 50.6 Å². The molecule has 184 valence electrons. The molecule has 33 heavy (non-hydrogen) atoms. The van der Waals surface area contributed by atoms with Crippen molar-refractivity contribution in [3.8, 4) is 0 Å². The summed E-state index contributed by atoms with van der Waals surface area (Å²) in [4.78, 5) is 45.4. The van der Waals surface area contributed by atoms with E-state index in [1.54, 1.807) is 0 Å². The Hall–Kier alpha value is -3.12. The van der Waals surface area contributed by atoms with Crippen molar-refractivity contribution in [3.05, 3.63) is 50.6 Å². The summed E-state index contributed by atoms with van der Waals surface area (Å²) in [6, 6.07) is 0. The molecule has 0 saturated carbocycles. The van der Waals surface area contributed by atoms with Crippen LogP contribution in [-0.4, -0.2) is 76.7 Å². The van der Waals surface area contributed by atoms with Crippen molar-refractivity contribution in [2.75, 3.05) is 53.2 Å². The Morgan fingerprint density at radius 1 is 0.606 bits per heavy atom. The predicted molar refractivity (Wildman–Crippen MR) is 121 cm³/mol. The summed E-state index contributed by atoms with van der Waals surface area (Å²) in [6.07, 6.45) is 4.66. The van der Waals surface area contributed by atoms with Gasteiger partial charge in [0.25, 0.3) is 0 Å². The Morgan fingerprint density at radius 2 is 0.970 bits per heavy atom. The SMILES string of the molecule is C=CC(=O)CCOCC(COCNC(=O)C=C)(COCNC(=O)C=C)COCNC(=O)C=C. The average molecular weight is 468 g/mol. The zero-order chi connectivity index (χ0) is 25.0. The molecule has 0 spiro atoms. The van der Waals surface area contributed by atoms with Crippen molar-refractivity contribution in [1.29, 1.82) is 0 Å². The van der Waals surface area contributed by atoms with E-state index in [1.165, 1.54) is 6.08 Å². The summed E-state index contributed by atoms with van der Waals surface area (Å²) in [5.41, 5.74) is -0.909. The van der Waals surface area contributed by atoms with Gasteiger partial charge in [0.2, 0.25) is 17.7 Å². The Kier molecular flexibility index (Phi) is 16.7. The number of carbonyl (C=O) groups is 4. The number of ether oxygens (including phenoxy) is 4. The molecule has 0 aliphatic rings. The van der Waals surface area contributed by atoms with Gasteiger partial charge >= 0.3 is 0 Å². The molecular formula is C22H33N3O8. The van der Waals surface area contributed by atoms with E-state index >= 15 is 0 Å². The predicted octanol–water partition coefficient (Wildman–Crippen LogP) is -0.0365. The summed E-state index contributed by atoms with van der Waals surface area (Å²) in [6.45, 7) is 13.4. The van der Waals surface area contributed by atoms with E-state index in [-0.39, 0.29) is 65.4 Å². The van der Waals surface area contributed by atoms with Crippen molar-refractivity contribution in [3.63, 3.8) is 0 Å². The smallest absolute Gasteiger partial charge is 0.245 e. The molecule has 3 N–H and O–H groups in total. The maximum atomic E-state index is 11.4. The highest BCUT2D eigenvalue weighted by Crippen LogP contribution is 2.20. The third-order valence-electron chi connectivity index (χ3n) is 3.96. The molecule has 0 rings (SSSR count). The number of rotatable bonds is 21. The second-order valence-corrected chi connectivity index (χ2v) is 6.69. The molecule has 11 nitrogen and oxygen atoms in total. The Morgan fingerprint density at radius 3 is 1.30 bits per heavy atom. The average Bonchev–Trinajstić information content (AvgIpc) is 2.83. The fraction of sp³-hybridized carbons (Fsp3) is 0.455. The molecule has 0 aliphatic heterocycles. The molecule has 0 bridgehead atoms. The van der Waals surface area contributed by atoms with E-state index in [4.69, 9.17) is 18.9 Å². The minimum Gasteiger partial charge on any atom is -0.380 e. The molecule has 11 heteroatoms. The summed E-state index contributed by atoms with van der Waals surface area (Å²) in [5.74, 6) is -1.40. The molecule has 0 aromatic carbocycles. The van der Waals surface area contributed by atoms with Gasteiger partial charge in [0, 0.05) is 6.42 Å². The third-order valence-corrected chi connectivity index (χ3v) is 3.96. The molecule has 0 aromatic rings. The van der Waals surface area contributed by atoms with Crippen molar-refractivity contribution in [2.24, 2.45) is 5.41 Å². The van der Waals surface area contributed by atoms with Crippen LogP contribution in [0.25, 0.3) is 0 Å². The lowest BCUT2D eigenvalue weighted by atomic mass is 9.92. The highest BCUT2D eigenvalue weighted by atomic mass is 16.5. The van der Waals surface area contributed by atoms with Gasteiger partial charge in [0.15, 0.2) is 5.78 Å². The van der Waals surface area contributed by atoms with E-state index in [1.807, 2.05) is 0 Å². The largest absolute Gasteiger partial charge is 0.380 e. The highest BCUT2D eigenvalue weighted by Gasteiger charge is 2.33. The van der Waals surface area contributed by atoms with Gasteiger partial charge in [-0.2, -0.15) is 0 Å². The van der Waals surface area contributed by atoms with Crippen LogP contribution in [-0.2, 0) is 38.1 Å². The van der Waals surface area contributed by atoms with Crippen LogP contribution in [0.5, 0.6) is 0 Å². The molecule has 0 saturated heterocycles. The third kappa shape index (κ3) is 15.3. The number of amides is 3. The second kappa shape index (κ2) is 18.5. The normalized spacial score (nSPS) is 10.5. The number of carbonyl (C=O) groups excluding carboxylic acids is 4. The molecule has 0 fully saturated rings. The maximum Gasteiger partial charge on any atom is 0.245 e.